The standard InChI is InChI=1S/C52H41.C4H9.Sn/c1-9-25-41(26-10-1)49(42-27-11-2-12-28-42)51(45-33-17-5-18-34-45,46-35-19-6-20-36-46)52(47-37-21-7-22-38-47,48-39-23-8-24-40-48)50(43-29-13-3-14-30-43)44-31-15-4-16-32-44;1-3-4-2;/h1-40,49H;1,3-4H2,2H3;. The van der Waals surface area contributed by atoms with Crippen LogP contribution in [0.25, 0.3) is 0 Å². The summed E-state index contributed by atoms with van der Waals surface area (Å²) in [5.74, 6) is -0.123. The Morgan fingerprint density at radius 3 is 0.947 bits per heavy atom. The molecule has 8 aromatic carbocycles. The molecule has 1 heteroatoms. The van der Waals surface area contributed by atoms with E-state index in [0.717, 1.165) is 0 Å². The zero-order valence-corrected chi connectivity index (χ0v) is 35.6. The van der Waals surface area contributed by atoms with Crippen molar-refractivity contribution in [3.8, 4) is 0 Å². The van der Waals surface area contributed by atoms with Gasteiger partial charge in [0.2, 0.25) is 0 Å². The minimum atomic E-state index is -1.51. The van der Waals surface area contributed by atoms with E-state index in [1.165, 1.54) is 61.8 Å². The van der Waals surface area contributed by atoms with Crippen LogP contribution in [0.5, 0.6) is 0 Å². The van der Waals surface area contributed by atoms with Crippen LogP contribution >= 0.6 is 0 Å². The molecule has 0 amide bonds. The van der Waals surface area contributed by atoms with Crippen LogP contribution in [-0.2, 0) is 14.3 Å². The van der Waals surface area contributed by atoms with Gasteiger partial charge in [-0.15, -0.1) is 0 Å². The first-order valence-corrected chi connectivity index (χ1v) is 23.9. The average molecular weight is 842 g/mol. The molecule has 0 saturated heterocycles. The van der Waals surface area contributed by atoms with E-state index in [1.807, 2.05) is 0 Å². The van der Waals surface area contributed by atoms with Crippen molar-refractivity contribution in [3.63, 3.8) is 0 Å². The molecule has 0 N–H and O–H groups in total. The molecule has 278 valence electrons. The van der Waals surface area contributed by atoms with Crippen LogP contribution in [0.1, 0.15) is 70.2 Å². The third kappa shape index (κ3) is 6.78. The summed E-state index contributed by atoms with van der Waals surface area (Å²) in [6.07, 6.45) is 2.38. The van der Waals surface area contributed by atoms with Gasteiger partial charge in [0.25, 0.3) is 0 Å². The molecule has 0 atom stereocenters. The summed E-state index contributed by atoms with van der Waals surface area (Å²) in [6, 6.07) is 92.7. The van der Waals surface area contributed by atoms with E-state index in [-0.39, 0.29) is 5.92 Å². The Hall–Kier alpha value is -5.44. The van der Waals surface area contributed by atoms with Gasteiger partial charge < -0.3 is 0 Å². The molecule has 2 radical (unpaired) electrons. The van der Waals surface area contributed by atoms with Gasteiger partial charge in [-0.3, -0.25) is 0 Å². The second kappa shape index (κ2) is 17.8. The van der Waals surface area contributed by atoms with E-state index in [2.05, 4.69) is 250 Å². The molecule has 8 rings (SSSR count). The molecule has 0 saturated carbocycles. The minimum absolute atomic E-state index is 0.123. The van der Waals surface area contributed by atoms with Crippen LogP contribution in [-0.4, -0.2) is 21.1 Å². The monoisotopic (exact) mass is 842 g/mol. The van der Waals surface area contributed by atoms with Gasteiger partial charge in [-0.25, -0.2) is 0 Å². The van der Waals surface area contributed by atoms with E-state index in [9.17, 15) is 0 Å². The Bertz CT molecular complexity index is 2220. The zero-order chi connectivity index (χ0) is 38.8. The first kappa shape index (κ1) is 38.4. The van der Waals surface area contributed by atoms with Gasteiger partial charge in [-0.05, 0) is 0 Å². The Balaban J connectivity index is 1.76. The number of unbranched alkanes of at least 4 members (excludes halogenated alkanes) is 1. The maximum atomic E-state index is 2.46. The van der Waals surface area contributed by atoms with Gasteiger partial charge in [0.15, 0.2) is 0 Å². The van der Waals surface area contributed by atoms with Crippen LogP contribution in [0.3, 0.4) is 0 Å². The molecule has 0 nitrogen and oxygen atoms in total. The van der Waals surface area contributed by atoms with Gasteiger partial charge in [0.05, 0.1) is 0 Å². The number of hydrogen-bond acceptors (Lipinski definition) is 0. The number of benzene rings is 8. The maximum absolute atomic E-state index is 2.46. The van der Waals surface area contributed by atoms with Crippen molar-refractivity contribution in [1.82, 2.24) is 0 Å². The van der Waals surface area contributed by atoms with E-state index >= 15 is 0 Å². The Morgan fingerprint density at radius 1 is 0.351 bits per heavy atom. The van der Waals surface area contributed by atoms with Crippen molar-refractivity contribution < 1.29 is 0 Å². The fraction of sp³-hybridized carbons (Fsp3) is 0.143. The molecule has 0 aliphatic heterocycles. The number of hydrogen-bond donors (Lipinski definition) is 0. The van der Waals surface area contributed by atoms with E-state index in [0.29, 0.717) is 0 Å². The summed E-state index contributed by atoms with van der Waals surface area (Å²) < 4.78 is 0.788. The van der Waals surface area contributed by atoms with Crippen molar-refractivity contribution in [3.05, 3.63) is 287 Å². The van der Waals surface area contributed by atoms with Crippen molar-refractivity contribution in [2.75, 3.05) is 0 Å². The molecule has 0 unspecified atom stereocenters. The van der Waals surface area contributed by atoms with Gasteiger partial charge in [-0.1, -0.05) is 0 Å². The summed E-state index contributed by atoms with van der Waals surface area (Å²) in [5.41, 5.74) is 9.16. The van der Waals surface area contributed by atoms with E-state index < -0.39 is 35.4 Å². The SMILES string of the molecule is CCC[CH2][Sn][C](c1ccccc1)(c1ccccc1)C(c1ccccc1)(c1ccccc1)C(c1ccccc1)(c1ccccc1)C(c1ccccc1)c1ccccc1. The van der Waals surface area contributed by atoms with E-state index in [1.54, 1.807) is 0 Å². The molecule has 57 heavy (non-hydrogen) atoms. The summed E-state index contributed by atoms with van der Waals surface area (Å²) in [4.78, 5) is 0. The second-order valence-electron chi connectivity index (χ2n) is 15.0. The molecule has 0 bridgehead atoms. The molecule has 0 spiro atoms. The second-order valence-corrected chi connectivity index (χ2v) is 19.6. The summed E-state index contributed by atoms with van der Waals surface area (Å²) in [7, 11) is 0. The predicted octanol–water partition coefficient (Wildman–Crippen LogP) is 13.7. The third-order valence-corrected chi connectivity index (χ3v) is 18.0. The van der Waals surface area contributed by atoms with Crippen molar-refractivity contribution >= 4 is 21.1 Å². The summed E-state index contributed by atoms with van der Waals surface area (Å²) >= 11 is -1.51. The third-order valence-electron chi connectivity index (χ3n) is 12.1. The van der Waals surface area contributed by atoms with Gasteiger partial charge in [0.1, 0.15) is 0 Å². The molecule has 0 aliphatic rings. The molecule has 0 aromatic heterocycles. The van der Waals surface area contributed by atoms with Crippen LogP contribution in [0.2, 0.25) is 4.44 Å². The normalized spacial score (nSPS) is 12.0. The van der Waals surface area contributed by atoms with Gasteiger partial charge in [0, 0.05) is 0 Å². The predicted molar refractivity (Wildman–Crippen MR) is 241 cm³/mol. The zero-order valence-electron chi connectivity index (χ0n) is 32.8. The molecule has 8 aromatic rings. The van der Waals surface area contributed by atoms with Crippen LogP contribution in [0, 0.1) is 0 Å². The average Bonchev–Trinajstić information content (AvgIpc) is 3.30. The first-order chi connectivity index (χ1) is 28.3. The quantitative estimate of drug-likeness (QED) is 0.0713. The molecular formula is C56H50Sn. The topological polar surface area (TPSA) is 0 Å². The Kier molecular flexibility index (Phi) is 12.0. The summed E-state index contributed by atoms with van der Waals surface area (Å²) in [6.45, 7) is 2.35. The van der Waals surface area contributed by atoms with Gasteiger partial charge >= 0.3 is 353 Å². The van der Waals surface area contributed by atoms with Gasteiger partial charge in [-0.2, -0.15) is 0 Å². The Labute approximate surface area is 350 Å². The van der Waals surface area contributed by atoms with Crippen molar-refractivity contribution in [1.29, 1.82) is 0 Å². The van der Waals surface area contributed by atoms with Crippen LogP contribution in [0.4, 0.5) is 0 Å². The van der Waals surface area contributed by atoms with Crippen molar-refractivity contribution in [2.45, 2.75) is 44.4 Å². The molecule has 0 fully saturated rings. The first-order valence-electron chi connectivity index (χ1n) is 20.5. The van der Waals surface area contributed by atoms with Crippen LogP contribution < -0.4 is 0 Å². The summed E-state index contributed by atoms with van der Waals surface area (Å²) in [5, 5.41) is 0. The van der Waals surface area contributed by atoms with E-state index in [4.69, 9.17) is 0 Å². The molecule has 0 aliphatic carbocycles. The number of rotatable bonds is 15. The molecule has 0 heterocycles. The molecular weight excluding hydrogens is 791 g/mol. The van der Waals surface area contributed by atoms with Crippen LogP contribution in [0.15, 0.2) is 243 Å². The Morgan fingerprint density at radius 2 is 0.632 bits per heavy atom. The fourth-order valence-corrected chi connectivity index (χ4v) is 16.9. The fourth-order valence-electron chi connectivity index (χ4n) is 10.0. The van der Waals surface area contributed by atoms with Crippen molar-refractivity contribution in [2.24, 2.45) is 0 Å².